The van der Waals surface area contributed by atoms with Gasteiger partial charge < -0.3 is 5.11 Å². The van der Waals surface area contributed by atoms with Crippen LogP contribution in [0.3, 0.4) is 0 Å². The van der Waals surface area contributed by atoms with E-state index in [0.717, 1.165) is 28.0 Å². The summed E-state index contributed by atoms with van der Waals surface area (Å²) in [6.45, 7) is 4.79. The number of hydrogen-bond acceptors (Lipinski definition) is 4. The first-order valence-corrected chi connectivity index (χ1v) is 7.76. The van der Waals surface area contributed by atoms with Gasteiger partial charge in [-0.15, -0.1) is 0 Å². The van der Waals surface area contributed by atoms with Gasteiger partial charge in [-0.05, 0) is 44.7 Å². The number of para-hydroxylation sites is 1. The number of phenols is 1. The molecule has 0 aliphatic rings. The molecular weight excluding hydrogens is 286 g/mol. The molecule has 0 aliphatic heterocycles. The molecule has 1 heterocycles. The van der Waals surface area contributed by atoms with Crippen molar-refractivity contribution in [3.63, 3.8) is 0 Å². The first-order valence-electron chi connectivity index (χ1n) is 7.76. The summed E-state index contributed by atoms with van der Waals surface area (Å²) in [5, 5.41) is 10.7. The minimum absolute atomic E-state index is 0.164. The maximum Gasteiger partial charge on any atom is 0.143 e. The van der Waals surface area contributed by atoms with Gasteiger partial charge in [0.05, 0.1) is 12.1 Å². The molecule has 3 aromatic rings. The lowest BCUT2D eigenvalue weighted by molar-refractivity contribution is 0.246. The molecule has 118 valence electrons. The quantitative estimate of drug-likeness (QED) is 0.795. The first-order chi connectivity index (χ1) is 11.0. The van der Waals surface area contributed by atoms with Crippen LogP contribution in [0.2, 0.25) is 0 Å². The maximum absolute atomic E-state index is 9.65. The van der Waals surface area contributed by atoms with Crippen molar-refractivity contribution in [3.8, 4) is 5.75 Å². The predicted octanol–water partition coefficient (Wildman–Crippen LogP) is 3.84. The van der Waals surface area contributed by atoms with Crippen LogP contribution in [0.25, 0.3) is 10.9 Å². The smallest absolute Gasteiger partial charge is 0.143 e. The van der Waals surface area contributed by atoms with E-state index in [4.69, 9.17) is 0 Å². The van der Waals surface area contributed by atoms with Gasteiger partial charge >= 0.3 is 0 Å². The van der Waals surface area contributed by atoms with Crippen LogP contribution in [0.5, 0.6) is 5.75 Å². The minimum atomic E-state index is 0.164. The van der Waals surface area contributed by atoms with Gasteiger partial charge in [-0.25, -0.2) is 9.97 Å². The largest absolute Gasteiger partial charge is 0.508 e. The molecule has 0 amide bonds. The summed E-state index contributed by atoms with van der Waals surface area (Å²) in [4.78, 5) is 11.5. The van der Waals surface area contributed by atoms with Crippen molar-refractivity contribution in [2.45, 2.75) is 26.4 Å². The Bertz CT molecular complexity index is 832. The highest BCUT2D eigenvalue weighted by Gasteiger charge is 2.14. The standard InChI is InChI=1S/C19H21N3O/c1-13-17-9-4-5-10-18(17)21-19(20-13)12-22(3)14(2)15-7-6-8-16(23)11-15/h4-11,14,23H,12H2,1-3H3. The van der Waals surface area contributed by atoms with Gasteiger partial charge in [0, 0.05) is 17.1 Å². The van der Waals surface area contributed by atoms with E-state index in [9.17, 15) is 5.11 Å². The molecule has 0 radical (unpaired) electrons. The van der Waals surface area contributed by atoms with Gasteiger partial charge in [-0.2, -0.15) is 0 Å². The van der Waals surface area contributed by atoms with Gasteiger partial charge in [-0.1, -0.05) is 30.3 Å². The molecule has 0 aliphatic carbocycles. The molecule has 0 bridgehead atoms. The average Bonchev–Trinajstić information content (AvgIpc) is 2.54. The zero-order valence-electron chi connectivity index (χ0n) is 13.7. The second-order valence-electron chi connectivity index (χ2n) is 5.93. The van der Waals surface area contributed by atoms with Crippen molar-refractivity contribution in [2.24, 2.45) is 0 Å². The summed E-state index contributed by atoms with van der Waals surface area (Å²) in [6, 6.07) is 15.6. The van der Waals surface area contributed by atoms with E-state index in [1.54, 1.807) is 12.1 Å². The Hall–Kier alpha value is -2.46. The molecular formula is C19H21N3O. The molecule has 4 nitrogen and oxygen atoms in total. The lowest BCUT2D eigenvalue weighted by Gasteiger charge is -2.24. The molecule has 2 aromatic carbocycles. The second-order valence-corrected chi connectivity index (χ2v) is 5.93. The normalized spacial score (nSPS) is 12.7. The zero-order valence-corrected chi connectivity index (χ0v) is 13.7. The molecule has 0 fully saturated rings. The van der Waals surface area contributed by atoms with Crippen molar-refractivity contribution >= 4 is 10.9 Å². The van der Waals surface area contributed by atoms with Gasteiger partial charge in [0.15, 0.2) is 0 Å². The van der Waals surface area contributed by atoms with Crippen LogP contribution >= 0.6 is 0 Å². The van der Waals surface area contributed by atoms with Crippen LogP contribution in [0.15, 0.2) is 48.5 Å². The van der Waals surface area contributed by atoms with E-state index in [-0.39, 0.29) is 6.04 Å². The van der Waals surface area contributed by atoms with E-state index in [1.165, 1.54) is 0 Å². The lowest BCUT2D eigenvalue weighted by Crippen LogP contribution is -2.23. The lowest BCUT2D eigenvalue weighted by atomic mass is 10.1. The predicted molar refractivity (Wildman–Crippen MR) is 92.3 cm³/mol. The molecule has 1 aromatic heterocycles. The van der Waals surface area contributed by atoms with E-state index in [2.05, 4.69) is 21.8 Å². The second kappa shape index (κ2) is 6.34. The minimum Gasteiger partial charge on any atom is -0.508 e. The van der Waals surface area contributed by atoms with Gasteiger partial charge in [-0.3, -0.25) is 4.90 Å². The van der Waals surface area contributed by atoms with Crippen LogP contribution in [0.4, 0.5) is 0 Å². The topological polar surface area (TPSA) is 49.2 Å². The molecule has 1 unspecified atom stereocenters. The Morgan fingerprint density at radius 1 is 1.09 bits per heavy atom. The third kappa shape index (κ3) is 3.32. The zero-order chi connectivity index (χ0) is 16.4. The fourth-order valence-electron chi connectivity index (χ4n) is 2.76. The van der Waals surface area contributed by atoms with Gasteiger partial charge in [0.1, 0.15) is 11.6 Å². The molecule has 3 rings (SSSR count). The number of aryl methyl sites for hydroxylation is 1. The van der Waals surface area contributed by atoms with Crippen molar-refractivity contribution in [3.05, 3.63) is 65.6 Å². The number of benzene rings is 2. The maximum atomic E-state index is 9.65. The number of aromatic nitrogens is 2. The Labute approximate surface area is 136 Å². The Morgan fingerprint density at radius 2 is 1.87 bits per heavy atom. The monoisotopic (exact) mass is 307 g/mol. The highest BCUT2D eigenvalue weighted by Crippen LogP contribution is 2.23. The van der Waals surface area contributed by atoms with Gasteiger partial charge in [0.2, 0.25) is 0 Å². The highest BCUT2D eigenvalue weighted by molar-refractivity contribution is 5.80. The Morgan fingerprint density at radius 3 is 2.65 bits per heavy atom. The third-order valence-corrected chi connectivity index (χ3v) is 4.24. The number of phenolic OH excluding ortho intramolecular Hbond substituents is 1. The van der Waals surface area contributed by atoms with Crippen LogP contribution in [0.1, 0.15) is 30.0 Å². The summed E-state index contributed by atoms with van der Waals surface area (Å²) in [5.41, 5.74) is 3.06. The fraction of sp³-hybridized carbons (Fsp3) is 0.263. The SMILES string of the molecule is Cc1nc(CN(C)C(C)c2cccc(O)c2)nc2ccccc12. The molecule has 1 atom stereocenters. The summed E-state index contributed by atoms with van der Waals surface area (Å²) >= 11 is 0. The molecule has 0 saturated heterocycles. The number of aromatic hydroxyl groups is 1. The van der Waals surface area contributed by atoms with E-state index in [0.29, 0.717) is 12.3 Å². The molecule has 23 heavy (non-hydrogen) atoms. The number of hydrogen-bond donors (Lipinski definition) is 1. The highest BCUT2D eigenvalue weighted by atomic mass is 16.3. The summed E-state index contributed by atoms with van der Waals surface area (Å²) in [6.07, 6.45) is 0. The molecule has 0 saturated carbocycles. The van der Waals surface area contributed by atoms with Crippen molar-refractivity contribution in [2.75, 3.05) is 7.05 Å². The molecule has 1 N–H and O–H groups in total. The van der Waals surface area contributed by atoms with Crippen molar-refractivity contribution < 1.29 is 5.11 Å². The summed E-state index contributed by atoms with van der Waals surface area (Å²) < 4.78 is 0. The number of nitrogens with zero attached hydrogens (tertiary/aromatic N) is 3. The van der Waals surface area contributed by atoms with E-state index < -0.39 is 0 Å². The van der Waals surface area contributed by atoms with Crippen LogP contribution in [0, 0.1) is 6.92 Å². The molecule has 0 spiro atoms. The van der Waals surface area contributed by atoms with Gasteiger partial charge in [0.25, 0.3) is 0 Å². The third-order valence-electron chi connectivity index (χ3n) is 4.24. The molecule has 4 heteroatoms. The number of fused-ring (bicyclic) bond motifs is 1. The summed E-state index contributed by atoms with van der Waals surface area (Å²) in [5.74, 6) is 1.11. The van der Waals surface area contributed by atoms with Crippen molar-refractivity contribution in [1.29, 1.82) is 0 Å². The first kappa shape index (κ1) is 15.4. The summed E-state index contributed by atoms with van der Waals surface area (Å²) in [7, 11) is 2.04. The van der Waals surface area contributed by atoms with Crippen molar-refractivity contribution in [1.82, 2.24) is 14.9 Å². The van der Waals surface area contributed by atoms with E-state index >= 15 is 0 Å². The van der Waals surface area contributed by atoms with Crippen LogP contribution < -0.4 is 0 Å². The van der Waals surface area contributed by atoms with Crippen LogP contribution in [-0.4, -0.2) is 27.0 Å². The number of rotatable bonds is 4. The van der Waals surface area contributed by atoms with E-state index in [1.807, 2.05) is 50.4 Å². The Kier molecular flexibility index (Phi) is 4.26. The van der Waals surface area contributed by atoms with Crippen LogP contribution in [-0.2, 0) is 6.54 Å². The Balaban J connectivity index is 1.83. The fourth-order valence-corrected chi connectivity index (χ4v) is 2.76. The average molecular weight is 307 g/mol.